The van der Waals surface area contributed by atoms with Gasteiger partial charge in [-0.2, -0.15) is 0 Å². The Bertz CT molecular complexity index is 955. The monoisotopic (exact) mass is 366 g/mol. The molecule has 130 valence electrons. The van der Waals surface area contributed by atoms with Crippen LogP contribution in [0.25, 0.3) is 0 Å². The van der Waals surface area contributed by atoms with E-state index in [0.29, 0.717) is 0 Å². The first-order chi connectivity index (χ1) is 11.5. The van der Waals surface area contributed by atoms with Crippen molar-refractivity contribution in [1.82, 2.24) is 0 Å². The Hall–Kier alpha value is -2.09. The van der Waals surface area contributed by atoms with E-state index < -0.39 is 45.6 Å². The second-order valence-electron chi connectivity index (χ2n) is 6.32. The molecule has 8 heteroatoms. The number of aliphatic hydroxyl groups is 1. The summed E-state index contributed by atoms with van der Waals surface area (Å²) in [5.41, 5.74) is -2.50. The third-order valence-electron chi connectivity index (χ3n) is 4.73. The smallest absolute Gasteiger partial charge is 0.872 e. The molecule has 0 amide bonds. The second-order valence-corrected chi connectivity index (χ2v) is 6.32. The molecular weight excluding hydrogens is 351 g/mol. The summed E-state index contributed by atoms with van der Waals surface area (Å²) >= 11 is 0. The van der Waals surface area contributed by atoms with Gasteiger partial charge >= 0.3 is 29.6 Å². The van der Waals surface area contributed by atoms with Crippen LogP contribution in [0.4, 0.5) is 0 Å². The summed E-state index contributed by atoms with van der Waals surface area (Å²) in [4.78, 5) is 36.6. The van der Waals surface area contributed by atoms with Crippen molar-refractivity contribution in [2.45, 2.75) is 33.1 Å². The van der Waals surface area contributed by atoms with E-state index in [-0.39, 0.29) is 57.8 Å². The van der Waals surface area contributed by atoms with Crippen molar-refractivity contribution in [3.63, 3.8) is 0 Å². The summed E-state index contributed by atoms with van der Waals surface area (Å²) in [5, 5.41) is 32.9. The first kappa shape index (κ1) is 20.2. The molecule has 7 nitrogen and oxygen atoms in total. The van der Waals surface area contributed by atoms with E-state index in [1.807, 2.05) is 0 Å². The van der Waals surface area contributed by atoms with Gasteiger partial charge in [-0.25, -0.2) is 0 Å². The maximum atomic E-state index is 12.9. The number of allylic oxidation sites excluding steroid dienone is 3. The molecule has 0 spiro atoms. The molecule has 0 aromatic heterocycles. The van der Waals surface area contributed by atoms with Crippen LogP contribution in [0.5, 0.6) is 17.2 Å². The van der Waals surface area contributed by atoms with Crippen LogP contribution < -0.4 is 39.4 Å². The maximum Gasteiger partial charge on any atom is 1.00 e. The number of fused-ring (bicyclic) bond motifs is 3. The van der Waals surface area contributed by atoms with Gasteiger partial charge in [0.2, 0.25) is 0 Å². The van der Waals surface area contributed by atoms with E-state index in [9.17, 15) is 29.7 Å². The van der Waals surface area contributed by atoms with Gasteiger partial charge in [-0.3, -0.25) is 14.4 Å². The number of aliphatic hydroxyl groups excluding tert-OH is 1. The van der Waals surface area contributed by atoms with Crippen molar-refractivity contribution in [1.29, 1.82) is 0 Å². The molecule has 0 saturated carbocycles. The molecule has 2 N–H and O–H groups in total. The molecule has 1 unspecified atom stereocenters. The van der Waals surface area contributed by atoms with Crippen LogP contribution >= 0.6 is 0 Å². The number of hydrogen-bond donors (Lipinski definition) is 2. The quantitative estimate of drug-likeness (QED) is 0.371. The average Bonchev–Trinajstić information content (AvgIpc) is 2.78. The molecule has 0 saturated heterocycles. The summed E-state index contributed by atoms with van der Waals surface area (Å²) in [6, 6.07) is 0. The Morgan fingerprint density at radius 3 is 2.27 bits per heavy atom. The number of benzene rings is 1. The van der Waals surface area contributed by atoms with Gasteiger partial charge in [0.15, 0.2) is 17.3 Å². The van der Waals surface area contributed by atoms with Gasteiger partial charge in [-0.05, 0) is 33.3 Å². The Labute approximate surface area is 171 Å². The summed E-state index contributed by atoms with van der Waals surface area (Å²) in [5.74, 6) is -3.98. The number of phenols is 1. The topological polar surface area (TPSA) is 124 Å². The molecule has 1 aliphatic carbocycles. The van der Waals surface area contributed by atoms with Crippen LogP contribution in [0.2, 0.25) is 0 Å². The maximum absolute atomic E-state index is 12.9. The fourth-order valence-corrected chi connectivity index (χ4v) is 3.34. The van der Waals surface area contributed by atoms with E-state index in [1.165, 1.54) is 20.8 Å². The minimum Gasteiger partial charge on any atom is -0.872 e. The fourth-order valence-electron chi connectivity index (χ4n) is 3.34. The van der Waals surface area contributed by atoms with Crippen molar-refractivity contribution < 1.29 is 64.0 Å². The SMILES string of the molecule is CC(=O)C1=C(O)C=C2Oc3c(C(C)=O)c(O)c(C)c([O-])c3C2(C)C1=O.[Na+]. The van der Waals surface area contributed by atoms with Gasteiger partial charge in [0.05, 0.1) is 0 Å². The van der Waals surface area contributed by atoms with Gasteiger partial charge in [0, 0.05) is 11.6 Å². The predicted molar refractivity (Wildman–Crippen MR) is 83.7 cm³/mol. The van der Waals surface area contributed by atoms with Crippen molar-refractivity contribution >= 4 is 17.3 Å². The molecular formula is C18H15NaO7. The van der Waals surface area contributed by atoms with Crippen molar-refractivity contribution in [3.8, 4) is 17.2 Å². The Morgan fingerprint density at radius 2 is 1.77 bits per heavy atom. The van der Waals surface area contributed by atoms with Crippen LogP contribution in [-0.2, 0) is 15.0 Å². The van der Waals surface area contributed by atoms with Crippen molar-refractivity contribution in [2.75, 3.05) is 0 Å². The normalized spacial score (nSPS) is 20.6. The first-order valence-electron chi connectivity index (χ1n) is 7.50. The van der Waals surface area contributed by atoms with E-state index in [1.54, 1.807) is 0 Å². The van der Waals surface area contributed by atoms with Crippen LogP contribution in [-0.4, -0.2) is 27.6 Å². The molecule has 1 atom stereocenters. The van der Waals surface area contributed by atoms with Gasteiger partial charge in [-0.15, -0.1) is 0 Å². The van der Waals surface area contributed by atoms with Crippen LogP contribution in [0.3, 0.4) is 0 Å². The number of ether oxygens (including phenoxy) is 1. The van der Waals surface area contributed by atoms with Crippen molar-refractivity contribution in [2.24, 2.45) is 0 Å². The summed E-state index contributed by atoms with van der Waals surface area (Å²) in [7, 11) is 0. The molecule has 1 heterocycles. The second kappa shape index (κ2) is 6.26. The summed E-state index contributed by atoms with van der Waals surface area (Å²) in [6.07, 6.45) is 1.09. The zero-order valence-electron chi connectivity index (χ0n) is 15.0. The molecule has 0 fully saturated rings. The van der Waals surface area contributed by atoms with Crippen LogP contribution in [0, 0.1) is 6.92 Å². The Balaban J connectivity index is 0.00000243. The van der Waals surface area contributed by atoms with E-state index in [2.05, 4.69) is 0 Å². The van der Waals surface area contributed by atoms with E-state index in [4.69, 9.17) is 4.74 Å². The fraction of sp³-hybridized carbons (Fsp3) is 0.278. The van der Waals surface area contributed by atoms with Gasteiger partial charge in [0.1, 0.15) is 39.6 Å². The van der Waals surface area contributed by atoms with Gasteiger partial charge < -0.3 is 20.1 Å². The number of carbonyl (C=O) groups excluding carboxylic acids is 3. The van der Waals surface area contributed by atoms with Gasteiger partial charge in [-0.1, -0.05) is 5.75 Å². The first-order valence-corrected chi connectivity index (χ1v) is 7.50. The Kier molecular flexibility index (Phi) is 4.87. The average molecular weight is 366 g/mol. The predicted octanol–water partition coefficient (Wildman–Crippen LogP) is -1.50. The number of phenolic OH excluding ortho intramolecular Hbond substituents is 1. The molecule has 1 aromatic rings. The largest absolute Gasteiger partial charge is 1.00 e. The molecule has 26 heavy (non-hydrogen) atoms. The molecule has 2 aliphatic rings. The zero-order chi connectivity index (χ0) is 18.8. The van der Waals surface area contributed by atoms with E-state index in [0.717, 1.165) is 13.0 Å². The van der Waals surface area contributed by atoms with Crippen molar-refractivity contribution in [3.05, 3.63) is 39.9 Å². The number of aromatic hydroxyl groups is 1. The summed E-state index contributed by atoms with van der Waals surface area (Å²) < 4.78 is 5.55. The molecule has 1 aromatic carbocycles. The molecule has 0 radical (unpaired) electrons. The van der Waals surface area contributed by atoms with E-state index >= 15 is 0 Å². The number of hydrogen-bond acceptors (Lipinski definition) is 7. The zero-order valence-corrected chi connectivity index (χ0v) is 17.0. The van der Waals surface area contributed by atoms with Gasteiger partial charge in [0.25, 0.3) is 0 Å². The molecule has 0 bridgehead atoms. The number of Topliss-reactive ketones (excluding diaryl/α,β-unsaturated/α-hetero) is 3. The number of carbonyl (C=O) groups is 3. The standard InChI is InChI=1S/C18H16O7.Na/c1-6-14(22)12(8(3)20)16-13(15(6)23)18(4)10(25-16)5-9(21)11(7(2)19)17(18)24;/h5,21-23H,1-4H3;/q;+1/p-1. The molecule has 1 aliphatic heterocycles. The number of rotatable bonds is 2. The third-order valence-corrected chi connectivity index (χ3v) is 4.73. The number of ketones is 3. The Morgan fingerprint density at radius 1 is 1.19 bits per heavy atom. The minimum atomic E-state index is -1.65. The van der Waals surface area contributed by atoms with Crippen LogP contribution in [0.15, 0.2) is 23.2 Å². The summed E-state index contributed by atoms with van der Waals surface area (Å²) in [6.45, 7) is 5.05. The minimum absolute atomic E-state index is 0. The molecule has 3 rings (SSSR count). The van der Waals surface area contributed by atoms with Crippen LogP contribution in [0.1, 0.15) is 42.3 Å². The third kappa shape index (κ3) is 2.35.